The Hall–Kier alpha value is -1.11. The van der Waals surface area contributed by atoms with Crippen LogP contribution in [0.5, 0.6) is 0 Å². The van der Waals surface area contributed by atoms with Crippen molar-refractivity contribution in [2.24, 2.45) is 0 Å². The average Bonchev–Trinajstić information content (AvgIpc) is 2.39. The summed E-state index contributed by atoms with van der Waals surface area (Å²) in [6.45, 7) is 2.67. The third kappa shape index (κ3) is 3.68. The van der Waals surface area contributed by atoms with Crippen molar-refractivity contribution in [3.63, 3.8) is 0 Å². The first-order chi connectivity index (χ1) is 9.00. The summed E-state index contributed by atoms with van der Waals surface area (Å²) in [5.74, 6) is 0. The Morgan fingerprint density at radius 3 is 2.16 bits per heavy atom. The SMILES string of the molecule is CS(=O)(=O)N1CCN(c2ccc(CCO)cc2)CC1. The van der Waals surface area contributed by atoms with Gasteiger partial charge in [0.2, 0.25) is 10.0 Å². The molecule has 1 aliphatic rings. The molecule has 6 heteroatoms. The van der Waals surface area contributed by atoms with Gasteiger partial charge in [-0.05, 0) is 24.1 Å². The first-order valence-corrected chi connectivity index (χ1v) is 8.25. The van der Waals surface area contributed by atoms with Crippen LogP contribution in [0.4, 0.5) is 5.69 Å². The quantitative estimate of drug-likeness (QED) is 0.864. The normalized spacial score (nSPS) is 17.7. The van der Waals surface area contributed by atoms with Crippen molar-refractivity contribution in [1.29, 1.82) is 0 Å². The van der Waals surface area contributed by atoms with Gasteiger partial charge in [0, 0.05) is 38.5 Å². The minimum absolute atomic E-state index is 0.159. The van der Waals surface area contributed by atoms with Crippen LogP contribution in [-0.4, -0.2) is 56.9 Å². The third-order valence-electron chi connectivity index (χ3n) is 3.41. The van der Waals surface area contributed by atoms with Crippen molar-refractivity contribution in [2.75, 3.05) is 43.9 Å². The van der Waals surface area contributed by atoms with E-state index in [1.807, 2.05) is 24.3 Å². The van der Waals surface area contributed by atoms with Crippen LogP contribution in [0.15, 0.2) is 24.3 Å². The average molecular weight is 284 g/mol. The molecule has 19 heavy (non-hydrogen) atoms. The van der Waals surface area contributed by atoms with Crippen LogP contribution in [0, 0.1) is 0 Å². The van der Waals surface area contributed by atoms with Crippen molar-refractivity contribution in [1.82, 2.24) is 4.31 Å². The second kappa shape index (κ2) is 5.90. The van der Waals surface area contributed by atoms with Crippen LogP contribution in [0.2, 0.25) is 0 Å². The summed E-state index contributed by atoms with van der Waals surface area (Å²) in [6, 6.07) is 8.07. The molecule has 5 nitrogen and oxygen atoms in total. The lowest BCUT2D eigenvalue weighted by atomic mass is 10.1. The fourth-order valence-electron chi connectivity index (χ4n) is 2.28. The molecule has 1 aromatic rings. The highest BCUT2D eigenvalue weighted by Crippen LogP contribution is 2.18. The second-order valence-corrected chi connectivity index (χ2v) is 6.77. The minimum Gasteiger partial charge on any atom is -0.396 e. The largest absolute Gasteiger partial charge is 0.396 e. The summed E-state index contributed by atoms with van der Waals surface area (Å²) >= 11 is 0. The van der Waals surface area contributed by atoms with E-state index in [0.717, 1.165) is 11.3 Å². The van der Waals surface area contributed by atoms with Crippen LogP contribution in [0.3, 0.4) is 0 Å². The van der Waals surface area contributed by atoms with Gasteiger partial charge in [-0.1, -0.05) is 12.1 Å². The molecule has 0 radical (unpaired) electrons. The number of benzene rings is 1. The molecule has 1 aliphatic heterocycles. The number of rotatable bonds is 4. The summed E-state index contributed by atoms with van der Waals surface area (Å²) in [5, 5.41) is 8.87. The molecule has 0 unspecified atom stereocenters. The zero-order chi connectivity index (χ0) is 13.9. The predicted octanol–water partition coefficient (Wildman–Crippen LogP) is 0.303. The standard InChI is InChI=1S/C13H20N2O3S/c1-19(17,18)15-9-7-14(8-10-15)13-4-2-12(3-5-13)6-11-16/h2-5,16H,6-11H2,1H3. The lowest BCUT2D eigenvalue weighted by Crippen LogP contribution is -2.48. The van der Waals surface area contributed by atoms with E-state index in [1.165, 1.54) is 10.6 Å². The maximum absolute atomic E-state index is 11.4. The first-order valence-electron chi connectivity index (χ1n) is 6.40. The second-order valence-electron chi connectivity index (χ2n) is 4.79. The van der Waals surface area contributed by atoms with Crippen molar-refractivity contribution < 1.29 is 13.5 Å². The number of hydrogen-bond donors (Lipinski definition) is 1. The molecule has 0 aromatic heterocycles. The number of piperazine rings is 1. The predicted molar refractivity (Wildman–Crippen MR) is 75.9 cm³/mol. The van der Waals surface area contributed by atoms with E-state index in [4.69, 9.17) is 5.11 Å². The molecule has 0 amide bonds. The molecule has 106 valence electrons. The lowest BCUT2D eigenvalue weighted by Gasteiger charge is -2.34. The van der Waals surface area contributed by atoms with E-state index < -0.39 is 10.0 Å². The minimum atomic E-state index is -3.07. The molecule has 0 spiro atoms. The summed E-state index contributed by atoms with van der Waals surface area (Å²) < 4.78 is 24.4. The van der Waals surface area contributed by atoms with Gasteiger partial charge >= 0.3 is 0 Å². The van der Waals surface area contributed by atoms with Gasteiger partial charge in [0.15, 0.2) is 0 Å². The Morgan fingerprint density at radius 1 is 1.11 bits per heavy atom. The van der Waals surface area contributed by atoms with Crippen molar-refractivity contribution >= 4 is 15.7 Å². The van der Waals surface area contributed by atoms with E-state index in [2.05, 4.69) is 4.90 Å². The number of hydrogen-bond acceptors (Lipinski definition) is 4. The summed E-state index contributed by atoms with van der Waals surface area (Å²) in [7, 11) is -3.07. The van der Waals surface area contributed by atoms with E-state index >= 15 is 0 Å². The molecule has 0 atom stereocenters. The van der Waals surface area contributed by atoms with E-state index in [-0.39, 0.29) is 6.61 Å². The molecule has 1 saturated heterocycles. The van der Waals surface area contributed by atoms with E-state index in [9.17, 15) is 8.42 Å². The van der Waals surface area contributed by atoms with Gasteiger partial charge in [0.1, 0.15) is 0 Å². The molecule has 1 heterocycles. The maximum atomic E-state index is 11.4. The molecule has 2 rings (SSSR count). The number of anilines is 1. The Balaban J connectivity index is 1.97. The summed E-state index contributed by atoms with van der Waals surface area (Å²) in [4.78, 5) is 2.18. The van der Waals surface area contributed by atoms with Crippen molar-refractivity contribution in [2.45, 2.75) is 6.42 Å². The molecule has 0 aliphatic carbocycles. The zero-order valence-electron chi connectivity index (χ0n) is 11.1. The van der Waals surface area contributed by atoms with Crippen molar-refractivity contribution in [3.05, 3.63) is 29.8 Å². The topological polar surface area (TPSA) is 60.9 Å². The number of aliphatic hydroxyl groups excluding tert-OH is 1. The molecule has 1 N–H and O–H groups in total. The van der Waals surface area contributed by atoms with Gasteiger partial charge in [-0.15, -0.1) is 0 Å². The fraction of sp³-hybridized carbons (Fsp3) is 0.538. The molecule has 1 fully saturated rings. The highest BCUT2D eigenvalue weighted by molar-refractivity contribution is 7.88. The maximum Gasteiger partial charge on any atom is 0.211 e. The van der Waals surface area contributed by atoms with Crippen LogP contribution < -0.4 is 4.90 Å². The first kappa shape index (κ1) is 14.3. The van der Waals surface area contributed by atoms with Crippen LogP contribution in [-0.2, 0) is 16.4 Å². The number of nitrogens with zero attached hydrogens (tertiary/aromatic N) is 2. The Kier molecular flexibility index (Phi) is 4.44. The third-order valence-corrected chi connectivity index (χ3v) is 4.71. The monoisotopic (exact) mass is 284 g/mol. The zero-order valence-corrected chi connectivity index (χ0v) is 11.9. The van der Waals surface area contributed by atoms with Crippen LogP contribution in [0.25, 0.3) is 0 Å². The van der Waals surface area contributed by atoms with E-state index in [0.29, 0.717) is 32.6 Å². The van der Waals surface area contributed by atoms with Gasteiger partial charge in [-0.2, -0.15) is 4.31 Å². The summed E-state index contributed by atoms with van der Waals surface area (Å²) in [5.41, 5.74) is 2.22. The fourth-order valence-corrected chi connectivity index (χ4v) is 3.11. The Labute approximate surface area is 114 Å². The summed E-state index contributed by atoms with van der Waals surface area (Å²) in [6.07, 6.45) is 1.93. The Bertz CT molecular complexity index is 505. The molecular formula is C13H20N2O3S. The highest BCUT2D eigenvalue weighted by atomic mass is 32.2. The lowest BCUT2D eigenvalue weighted by molar-refractivity contribution is 0.299. The number of aliphatic hydroxyl groups is 1. The van der Waals surface area contributed by atoms with Gasteiger partial charge in [0.05, 0.1) is 6.26 Å². The highest BCUT2D eigenvalue weighted by Gasteiger charge is 2.23. The molecule has 0 saturated carbocycles. The van der Waals surface area contributed by atoms with Gasteiger partial charge in [-0.3, -0.25) is 0 Å². The van der Waals surface area contributed by atoms with Gasteiger partial charge in [0.25, 0.3) is 0 Å². The molecular weight excluding hydrogens is 264 g/mol. The van der Waals surface area contributed by atoms with Crippen molar-refractivity contribution in [3.8, 4) is 0 Å². The van der Waals surface area contributed by atoms with Gasteiger partial charge < -0.3 is 10.0 Å². The van der Waals surface area contributed by atoms with Crippen LogP contribution >= 0.6 is 0 Å². The molecule has 0 bridgehead atoms. The smallest absolute Gasteiger partial charge is 0.211 e. The Morgan fingerprint density at radius 2 is 1.68 bits per heavy atom. The van der Waals surface area contributed by atoms with E-state index in [1.54, 1.807) is 0 Å². The van der Waals surface area contributed by atoms with Crippen LogP contribution in [0.1, 0.15) is 5.56 Å². The number of sulfonamides is 1. The van der Waals surface area contributed by atoms with Gasteiger partial charge in [-0.25, -0.2) is 8.42 Å². The molecule has 1 aromatic carbocycles.